The van der Waals surface area contributed by atoms with Gasteiger partial charge in [0.25, 0.3) is 5.91 Å². The van der Waals surface area contributed by atoms with Gasteiger partial charge in [-0.05, 0) is 77.8 Å². The van der Waals surface area contributed by atoms with Gasteiger partial charge >= 0.3 is 0 Å². The van der Waals surface area contributed by atoms with Crippen LogP contribution in [0.1, 0.15) is 40.3 Å². The largest absolute Gasteiger partial charge is 0.489 e. The molecule has 0 fully saturated rings. The summed E-state index contributed by atoms with van der Waals surface area (Å²) in [6.45, 7) is 0.908. The van der Waals surface area contributed by atoms with Gasteiger partial charge in [0.1, 0.15) is 18.1 Å². The van der Waals surface area contributed by atoms with E-state index in [-0.39, 0.29) is 25.2 Å². The first-order valence-corrected chi connectivity index (χ1v) is 13.2. The van der Waals surface area contributed by atoms with Gasteiger partial charge in [0.05, 0.1) is 6.10 Å². The zero-order valence-corrected chi connectivity index (χ0v) is 22.2. The molecule has 0 radical (unpaired) electrons. The van der Waals surface area contributed by atoms with Crippen molar-refractivity contribution in [1.82, 2.24) is 10.2 Å². The first-order chi connectivity index (χ1) is 18.4. The number of rotatable bonds is 12. The van der Waals surface area contributed by atoms with Crippen molar-refractivity contribution in [1.29, 1.82) is 0 Å². The molecule has 1 aliphatic carbocycles. The van der Waals surface area contributed by atoms with E-state index in [0.717, 1.165) is 41.7 Å². The molecule has 38 heavy (non-hydrogen) atoms. The lowest BCUT2D eigenvalue weighted by molar-refractivity contribution is -0.130. The highest BCUT2D eigenvalue weighted by Crippen LogP contribution is 2.28. The highest BCUT2D eigenvalue weighted by atomic mass is 16.5. The Morgan fingerprint density at radius 2 is 1.87 bits per heavy atom. The van der Waals surface area contributed by atoms with Crippen molar-refractivity contribution in [2.75, 3.05) is 33.9 Å². The van der Waals surface area contributed by atoms with Crippen LogP contribution in [0, 0.1) is 0 Å². The molecule has 0 aromatic heterocycles. The second kappa shape index (κ2) is 13.4. The molecule has 3 aromatic rings. The molecular formula is C31H38N2O5. The van der Waals surface area contributed by atoms with E-state index in [1.807, 2.05) is 60.7 Å². The normalized spacial score (nSPS) is 15.4. The lowest BCUT2D eigenvalue weighted by Gasteiger charge is -2.27. The van der Waals surface area contributed by atoms with Gasteiger partial charge in [0, 0.05) is 33.3 Å². The first-order valence-electron chi connectivity index (χ1n) is 13.2. The number of hydrogen-bond donors (Lipinski definition) is 3. The smallest absolute Gasteiger partial charge is 0.259 e. The van der Waals surface area contributed by atoms with Crippen molar-refractivity contribution < 1.29 is 24.5 Å². The summed E-state index contributed by atoms with van der Waals surface area (Å²) in [6.07, 6.45) is 2.56. The number of likely N-dealkylation sites (N-methyl/N-ethyl adjacent to an activating group) is 1. The van der Waals surface area contributed by atoms with Crippen LogP contribution in [0.2, 0.25) is 0 Å². The molecule has 3 aromatic carbocycles. The zero-order chi connectivity index (χ0) is 26.9. The maximum Gasteiger partial charge on any atom is 0.259 e. The molecule has 1 aliphatic rings. The molecule has 0 aliphatic heterocycles. The number of carbonyl (C=O) groups excluding carboxylic acids is 1. The van der Waals surface area contributed by atoms with Crippen molar-refractivity contribution in [3.05, 3.63) is 94.5 Å². The van der Waals surface area contributed by atoms with Crippen LogP contribution in [0.3, 0.4) is 0 Å². The van der Waals surface area contributed by atoms with E-state index in [1.165, 1.54) is 16.0 Å². The summed E-state index contributed by atoms with van der Waals surface area (Å²) in [5.74, 6) is 1.35. The minimum absolute atomic E-state index is 0.00991. The minimum Gasteiger partial charge on any atom is -0.489 e. The van der Waals surface area contributed by atoms with E-state index in [0.29, 0.717) is 25.3 Å². The average molecular weight is 519 g/mol. The van der Waals surface area contributed by atoms with E-state index >= 15 is 0 Å². The first kappa shape index (κ1) is 27.6. The fourth-order valence-corrected chi connectivity index (χ4v) is 4.67. The van der Waals surface area contributed by atoms with E-state index in [2.05, 4.69) is 11.4 Å². The Hall–Kier alpha value is -3.39. The summed E-state index contributed by atoms with van der Waals surface area (Å²) >= 11 is 0. The Labute approximate surface area is 225 Å². The number of benzene rings is 3. The highest BCUT2D eigenvalue weighted by molar-refractivity contribution is 5.77. The molecule has 7 nitrogen and oxygen atoms in total. The molecule has 2 atom stereocenters. The van der Waals surface area contributed by atoms with Gasteiger partial charge in [-0.1, -0.05) is 42.5 Å². The number of aryl methyl sites for hydroxylation is 1. The maximum absolute atomic E-state index is 11.8. The third-order valence-electron chi connectivity index (χ3n) is 6.95. The number of amides is 1. The van der Waals surface area contributed by atoms with Gasteiger partial charge in [-0.2, -0.15) is 0 Å². The third kappa shape index (κ3) is 7.57. The number of hydrogen-bond acceptors (Lipinski definition) is 6. The summed E-state index contributed by atoms with van der Waals surface area (Å²) in [7, 11) is 3.43. The standard InChI is InChI=1S/C31H38N2O5/c1-33(2)31(36)21-37-28-12-9-23-8-11-27(17-26(23)18-28)32-19-29(35)24-10-13-30(25(16-24)14-15-34)38-20-22-6-4-3-5-7-22/h3-7,9-10,12-13,16,18,27,29,32,34-35H,8,11,14-15,17,19-21H2,1-2H3/t27-,29-/m0/s1. The molecule has 0 bridgehead atoms. The number of ether oxygens (including phenoxy) is 2. The van der Waals surface area contributed by atoms with Gasteiger partial charge < -0.3 is 29.9 Å². The summed E-state index contributed by atoms with van der Waals surface area (Å²) in [5, 5.41) is 24.0. The minimum atomic E-state index is -0.677. The zero-order valence-electron chi connectivity index (χ0n) is 22.2. The Morgan fingerprint density at radius 1 is 1.05 bits per heavy atom. The van der Waals surface area contributed by atoms with Crippen LogP contribution in [-0.4, -0.2) is 60.9 Å². The predicted molar refractivity (Wildman–Crippen MR) is 147 cm³/mol. The van der Waals surface area contributed by atoms with Crippen molar-refractivity contribution in [3.8, 4) is 11.5 Å². The molecule has 0 unspecified atom stereocenters. The SMILES string of the molecule is CN(C)C(=O)COc1ccc2c(c1)C[C@@H](NC[C@H](O)c1ccc(OCc3ccccc3)c(CCO)c1)CC2. The molecule has 202 valence electrons. The fraction of sp³-hybridized carbons (Fsp3) is 0.387. The van der Waals surface area contributed by atoms with Crippen LogP contribution in [-0.2, 0) is 30.7 Å². The summed E-state index contributed by atoms with van der Waals surface area (Å²) < 4.78 is 11.7. The number of carbonyl (C=O) groups is 1. The molecule has 0 heterocycles. The lowest BCUT2D eigenvalue weighted by atomic mass is 9.88. The van der Waals surface area contributed by atoms with E-state index in [1.54, 1.807) is 14.1 Å². The Morgan fingerprint density at radius 3 is 2.63 bits per heavy atom. The molecule has 0 spiro atoms. The summed E-state index contributed by atoms with van der Waals surface area (Å²) in [4.78, 5) is 13.4. The van der Waals surface area contributed by atoms with Crippen LogP contribution in [0.4, 0.5) is 0 Å². The Bertz CT molecular complexity index is 1200. The second-order valence-electron chi connectivity index (χ2n) is 9.99. The Balaban J connectivity index is 1.33. The molecule has 3 N–H and O–H groups in total. The quantitative estimate of drug-likeness (QED) is 0.340. The number of fused-ring (bicyclic) bond motifs is 1. The monoisotopic (exact) mass is 518 g/mol. The van der Waals surface area contributed by atoms with Crippen LogP contribution < -0.4 is 14.8 Å². The van der Waals surface area contributed by atoms with E-state index in [9.17, 15) is 15.0 Å². The van der Waals surface area contributed by atoms with E-state index in [4.69, 9.17) is 9.47 Å². The van der Waals surface area contributed by atoms with Crippen molar-refractivity contribution in [2.24, 2.45) is 0 Å². The van der Waals surface area contributed by atoms with Gasteiger partial charge in [0.15, 0.2) is 6.61 Å². The summed E-state index contributed by atoms with van der Waals surface area (Å²) in [6, 6.07) is 21.9. The van der Waals surface area contributed by atoms with Crippen LogP contribution in [0.15, 0.2) is 66.7 Å². The third-order valence-corrected chi connectivity index (χ3v) is 6.95. The maximum atomic E-state index is 11.8. The number of aliphatic hydroxyl groups is 2. The van der Waals surface area contributed by atoms with Crippen molar-refractivity contribution in [2.45, 2.75) is 44.4 Å². The molecule has 4 rings (SSSR count). The molecule has 0 saturated heterocycles. The van der Waals surface area contributed by atoms with Crippen LogP contribution in [0.25, 0.3) is 0 Å². The lowest BCUT2D eigenvalue weighted by Crippen LogP contribution is -2.37. The predicted octanol–water partition coefficient (Wildman–Crippen LogP) is 3.45. The van der Waals surface area contributed by atoms with Crippen molar-refractivity contribution in [3.63, 3.8) is 0 Å². The summed E-state index contributed by atoms with van der Waals surface area (Å²) in [5.41, 5.74) is 5.26. The highest BCUT2D eigenvalue weighted by Gasteiger charge is 2.21. The molecule has 7 heteroatoms. The topological polar surface area (TPSA) is 91.3 Å². The van der Waals surface area contributed by atoms with Crippen molar-refractivity contribution >= 4 is 5.91 Å². The van der Waals surface area contributed by atoms with Gasteiger partial charge in [-0.15, -0.1) is 0 Å². The molecular weight excluding hydrogens is 480 g/mol. The molecule has 0 saturated carbocycles. The fourth-order valence-electron chi connectivity index (χ4n) is 4.67. The molecule has 1 amide bonds. The van der Waals surface area contributed by atoms with Gasteiger partial charge in [-0.25, -0.2) is 0 Å². The van der Waals surface area contributed by atoms with Gasteiger partial charge in [0.2, 0.25) is 0 Å². The van der Waals surface area contributed by atoms with Gasteiger partial charge in [-0.3, -0.25) is 4.79 Å². The number of aliphatic hydroxyl groups excluding tert-OH is 2. The van der Waals surface area contributed by atoms with Crippen LogP contribution in [0.5, 0.6) is 11.5 Å². The van der Waals surface area contributed by atoms with Crippen LogP contribution >= 0.6 is 0 Å². The second-order valence-corrected chi connectivity index (χ2v) is 9.99. The average Bonchev–Trinajstić information content (AvgIpc) is 2.94. The van der Waals surface area contributed by atoms with E-state index < -0.39 is 6.10 Å². The number of nitrogens with zero attached hydrogens (tertiary/aromatic N) is 1. The number of nitrogens with one attached hydrogen (secondary N) is 1. The Kier molecular flexibility index (Phi) is 9.76.